The Morgan fingerprint density at radius 1 is 1.62 bits per heavy atom. The highest BCUT2D eigenvalue weighted by molar-refractivity contribution is 8.00. The molecule has 1 aromatic rings. The van der Waals surface area contributed by atoms with E-state index in [0.717, 1.165) is 19.6 Å². The molecule has 88 valence electrons. The number of nitrogens with zero attached hydrogens (tertiary/aromatic N) is 1. The minimum atomic E-state index is -0.00451. The second-order valence-corrected chi connectivity index (χ2v) is 6.68. The van der Waals surface area contributed by atoms with Crippen molar-refractivity contribution in [3.63, 3.8) is 0 Å². The van der Waals surface area contributed by atoms with Gasteiger partial charge in [-0.15, -0.1) is 0 Å². The molecule has 1 N–H and O–H groups in total. The average Bonchev–Trinajstić information content (AvgIpc) is 2.92. The summed E-state index contributed by atoms with van der Waals surface area (Å²) < 4.78 is 10.4. The van der Waals surface area contributed by atoms with Crippen LogP contribution >= 0.6 is 23.3 Å². The Balaban J connectivity index is 1.95. The van der Waals surface area contributed by atoms with Gasteiger partial charge in [0.05, 0.1) is 12.6 Å². The number of rotatable bonds is 1. The summed E-state index contributed by atoms with van der Waals surface area (Å²) in [5.41, 5.74) is -0.00451. The molecule has 3 nitrogen and oxygen atoms in total. The van der Waals surface area contributed by atoms with Gasteiger partial charge in [-0.1, -0.05) is 6.92 Å². The van der Waals surface area contributed by atoms with Crippen LogP contribution in [0.4, 0.5) is 0 Å². The fourth-order valence-corrected chi connectivity index (χ4v) is 4.87. The molecule has 1 spiro atoms. The Kier molecular flexibility index (Phi) is 2.96. The summed E-state index contributed by atoms with van der Waals surface area (Å²) in [5, 5.41) is 4.18. The fourth-order valence-electron chi connectivity index (χ4n) is 2.72. The summed E-state index contributed by atoms with van der Waals surface area (Å²) >= 11 is 3.61. The van der Waals surface area contributed by atoms with Crippen molar-refractivity contribution in [2.75, 3.05) is 18.9 Å². The molecule has 2 aliphatic heterocycles. The molecule has 2 saturated heterocycles. The molecule has 0 saturated carbocycles. The number of morpholine rings is 1. The quantitative estimate of drug-likeness (QED) is 0.834. The first-order valence-electron chi connectivity index (χ1n) is 5.72. The van der Waals surface area contributed by atoms with Gasteiger partial charge >= 0.3 is 0 Å². The van der Waals surface area contributed by atoms with Gasteiger partial charge in [0, 0.05) is 22.9 Å². The summed E-state index contributed by atoms with van der Waals surface area (Å²) in [4.78, 5) is 1.31. The first-order valence-corrected chi connectivity index (χ1v) is 7.55. The summed E-state index contributed by atoms with van der Waals surface area (Å²) in [6, 6.07) is 2.45. The number of hydrogen-bond donors (Lipinski definition) is 1. The molecule has 0 aliphatic carbocycles. The second kappa shape index (κ2) is 4.29. The van der Waals surface area contributed by atoms with Crippen molar-refractivity contribution in [1.29, 1.82) is 0 Å². The van der Waals surface area contributed by atoms with E-state index in [1.165, 1.54) is 10.6 Å². The van der Waals surface area contributed by atoms with Gasteiger partial charge in [0.2, 0.25) is 0 Å². The summed E-state index contributed by atoms with van der Waals surface area (Å²) in [6.45, 7) is 4.07. The normalized spacial score (nSPS) is 39.3. The Hall–Kier alpha value is -0.100. The van der Waals surface area contributed by atoms with E-state index in [4.69, 9.17) is 4.74 Å². The molecule has 2 fully saturated rings. The van der Waals surface area contributed by atoms with Crippen molar-refractivity contribution < 1.29 is 4.74 Å². The molecule has 1 aromatic heterocycles. The van der Waals surface area contributed by atoms with Crippen LogP contribution < -0.4 is 5.32 Å². The smallest absolute Gasteiger partial charge is 0.101 e. The van der Waals surface area contributed by atoms with E-state index in [1.807, 2.05) is 18.0 Å². The van der Waals surface area contributed by atoms with E-state index in [-0.39, 0.29) is 5.60 Å². The fraction of sp³-hybridized carbons (Fsp3) is 0.727. The standard InChI is InChI=1S/C11H16N2OS2/c1-8-11(3-7-15-8)10(12-5-6-14-11)9-2-4-13-16-9/h2,4,8,10,12H,3,5-7H2,1H3. The third-order valence-electron chi connectivity index (χ3n) is 3.60. The van der Waals surface area contributed by atoms with Crippen LogP contribution in [0, 0.1) is 0 Å². The van der Waals surface area contributed by atoms with Gasteiger partial charge in [0.15, 0.2) is 0 Å². The van der Waals surface area contributed by atoms with E-state index < -0.39 is 0 Å². The zero-order valence-electron chi connectivity index (χ0n) is 9.31. The lowest BCUT2D eigenvalue weighted by Crippen LogP contribution is -2.55. The van der Waals surface area contributed by atoms with E-state index in [9.17, 15) is 0 Å². The number of aromatic nitrogens is 1. The minimum Gasteiger partial charge on any atom is -0.370 e. The van der Waals surface area contributed by atoms with Crippen molar-refractivity contribution in [3.05, 3.63) is 17.1 Å². The van der Waals surface area contributed by atoms with E-state index in [0.29, 0.717) is 11.3 Å². The predicted molar refractivity (Wildman–Crippen MR) is 68.1 cm³/mol. The van der Waals surface area contributed by atoms with Crippen molar-refractivity contribution >= 4 is 23.3 Å². The Morgan fingerprint density at radius 3 is 3.25 bits per heavy atom. The SMILES string of the molecule is CC1SCCC12OCCNC2c1ccns1. The maximum atomic E-state index is 6.17. The Morgan fingerprint density at radius 2 is 2.56 bits per heavy atom. The van der Waals surface area contributed by atoms with Gasteiger partial charge in [-0.3, -0.25) is 0 Å². The number of hydrogen-bond acceptors (Lipinski definition) is 5. The molecule has 3 rings (SSSR count). The highest BCUT2D eigenvalue weighted by Crippen LogP contribution is 2.48. The van der Waals surface area contributed by atoms with E-state index in [2.05, 4.69) is 22.7 Å². The molecule has 3 heterocycles. The topological polar surface area (TPSA) is 34.1 Å². The van der Waals surface area contributed by atoms with E-state index in [1.54, 1.807) is 11.5 Å². The molecule has 16 heavy (non-hydrogen) atoms. The zero-order valence-corrected chi connectivity index (χ0v) is 10.9. The molecule has 5 heteroatoms. The molecular weight excluding hydrogens is 240 g/mol. The number of thioether (sulfide) groups is 1. The third kappa shape index (κ3) is 1.61. The minimum absolute atomic E-state index is 0.00451. The Bertz CT molecular complexity index is 357. The maximum Gasteiger partial charge on any atom is 0.101 e. The molecule has 2 aliphatic rings. The Labute approximate surface area is 104 Å². The molecular formula is C11H16N2OS2. The highest BCUT2D eigenvalue weighted by Gasteiger charge is 2.50. The van der Waals surface area contributed by atoms with Crippen molar-refractivity contribution in [2.24, 2.45) is 0 Å². The molecule has 0 radical (unpaired) electrons. The molecule has 0 aromatic carbocycles. The van der Waals surface area contributed by atoms with Crippen molar-refractivity contribution in [3.8, 4) is 0 Å². The van der Waals surface area contributed by atoms with Crippen LogP contribution in [0.1, 0.15) is 24.3 Å². The lowest BCUT2D eigenvalue weighted by atomic mass is 9.86. The van der Waals surface area contributed by atoms with Gasteiger partial charge in [-0.05, 0) is 29.8 Å². The third-order valence-corrected chi connectivity index (χ3v) is 5.75. The molecule has 0 amide bonds. The summed E-state index contributed by atoms with van der Waals surface area (Å²) in [5.74, 6) is 1.21. The lowest BCUT2D eigenvalue weighted by Gasteiger charge is -2.43. The van der Waals surface area contributed by atoms with Crippen LogP contribution in [0.3, 0.4) is 0 Å². The van der Waals surface area contributed by atoms with Gasteiger partial charge < -0.3 is 10.1 Å². The van der Waals surface area contributed by atoms with Crippen molar-refractivity contribution in [1.82, 2.24) is 9.69 Å². The summed E-state index contributed by atoms with van der Waals surface area (Å²) in [7, 11) is 0. The van der Waals surface area contributed by atoms with Crippen molar-refractivity contribution in [2.45, 2.75) is 30.2 Å². The van der Waals surface area contributed by atoms with Crippen LogP contribution in [-0.4, -0.2) is 34.1 Å². The molecule has 3 atom stereocenters. The molecule has 3 unspecified atom stereocenters. The first kappa shape index (κ1) is 11.0. The average molecular weight is 256 g/mol. The molecule has 0 bridgehead atoms. The van der Waals surface area contributed by atoms with Crippen LogP contribution in [0.15, 0.2) is 12.3 Å². The van der Waals surface area contributed by atoms with Gasteiger partial charge in [-0.2, -0.15) is 11.8 Å². The predicted octanol–water partition coefficient (Wildman–Crippen LogP) is 2.07. The van der Waals surface area contributed by atoms with Gasteiger partial charge in [0.25, 0.3) is 0 Å². The lowest BCUT2D eigenvalue weighted by molar-refractivity contribution is -0.0931. The number of ether oxygens (including phenoxy) is 1. The van der Waals surface area contributed by atoms with Gasteiger partial charge in [-0.25, -0.2) is 4.37 Å². The van der Waals surface area contributed by atoms with Crippen LogP contribution in [0.25, 0.3) is 0 Å². The monoisotopic (exact) mass is 256 g/mol. The summed E-state index contributed by atoms with van der Waals surface area (Å²) in [6.07, 6.45) is 3.03. The van der Waals surface area contributed by atoms with Crippen LogP contribution in [0.2, 0.25) is 0 Å². The zero-order chi connectivity index (χ0) is 11.0. The number of nitrogens with one attached hydrogen (secondary N) is 1. The van der Waals surface area contributed by atoms with E-state index >= 15 is 0 Å². The first-order chi connectivity index (χ1) is 7.83. The van der Waals surface area contributed by atoms with Crippen LogP contribution in [-0.2, 0) is 4.74 Å². The highest BCUT2D eigenvalue weighted by atomic mass is 32.2. The maximum absolute atomic E-state index is 6.17. The largest absolute Gasteiger partial charge is 0.370 e. The van der Waals surface area contributed by atoms with Gasteiger partial charge in [0.1, 0.15) is 5.60 Å². The second-order valence-electron chi connectivity index (χ2n) is 4.37. The van der Waals surface area contributed by atoms with Crippen LogP contribution in [0.5, 0.6) is 0 Å².